The van der Waals surface area contributed by atoms with Crippen LogP contribution < -0.4 is 5.32 Å². The lowest BCUT2D eigenvalue weighted by molar-refractivity contribution is -0.117. The van der Waals surface area contributed by atoms with Crippen LogP contribution in [0, 0.1) is 0 Å². The lowest BCUT2D eigenvalue weighted by atomic mass is 9.96. The Labute approximate surface area is 122 Å². The molecule has 1 atom stereocenters. The summed E-state index contributed by atoms with van der Waals surface area (Å²) in [5, 5.41) is 12.8. The molecule has 1 aromatic heterocycles. The standard InChI is InChI=1S/C15H17N3OS/c1-2-12(10-6-4-3-5-7-10)13(19)16-15-18-17-14(20-15)11-8-9-11/h3-7,11-12H,2,8-9H2,1H3,(H,16,18,19). The molecule has 0 aliphatic heterocycles. The minimum atomic E-state index is -0.135. The van der Waals surface area contributed by atoms with Crippen LogP contribution in [0.3, 0.4) is 0 Å². The van der Waals surface area contributed by atoms with Crippen LogP contribution in [0.4, 0.5) is 5.13 Å². The highest BCUT2D eigenvalue weighted by molar-refractivity contribution is 7.15. The molecular weight excluding hydrogens is 270 g/mol. The maximum Gasteiger partial charge on any atom is 0.233 e. The fourth-order valence-electron chi connectivity index (χ4n) is 2.23. The third-order valence-corrected chi connectivity index (χ3v) is 4.53. The van der Waals surface area contributed by atoms with E-state index in [2.05, 4.69) is 15.5 Å². The number of carbonyl (C=O) groups excluding carboxylic acids is 1. The summed E-state index contributed by atoms with van der Waals surface area (Å²) >= 11 is 1.50. The second-order valence-corrected chi connectivity index (χ2v) is 6.09. The molecule has 1 N–H and O–H groups in total. The first kappa shape index (κ1) is 13.2. The molecule has 1 amide bonds. The largest absolute Gasteiger partial charge is 0.300 e. The lowest BCUT2D eigenvalue weighted by Crippen LogP contribution is -2.20. The monoisotopic (exact) mass is 287 g/mol. The predicted octanol–water partition coefficient (Wildman–Crippen LogP) is 3.55. The summed E-state index contributed by atoms with van der Waals surface area (Å²) in [6, 6.07) is 9.86. The van der Waals surface area contributed by atoms with Gasteiger partial charge in [0.1, 0.15) is 5.01 Å². The van der Waals surface area contributed by atoms with Crippen LogP contribution in [0.15, 0.2) is 30.3 Å². The third kappa shape index (κ3) is 2.88. The van der Waals surface area contributed by atoms with E-state index in [-0.39, 0.29) is 11.8 Å². The number of nitrogens with zero attached hydrogens (tertiary/aromatic N) is 2. The first-order chi connectivity index (χ1) is 9.78. The Morgan fingerprint density at radius 1 is 1.35 bits per heavy atom. The Morgan fingerprint density at radius 2 is 2.10 bits per heavy atom. The zero-order valence-electron chi connectivity index (χ0n) is 11.4. The molecule has 0 saturated heterocycles. The number of hydrogen-bond acceptors (Lipinski definition) is 4. The molecule has 3 rings (SSSR count). The van der Waals surface area contributed by atoms with Gasteiger partial charge in [-0.3, -0.25) is 10.1 Å². The molecule has 1 heterocycles. The molecule has 1 unspecified atom stereocenters. The van der Waals surface area contributed by atoms with Gasteiger partial charge in [0.15, 0.2) is 0 Å². The van der Waals surface area contributed by atoms with Crippen LogP contribution >= 0.6 is 11.3 Å². The van der Waals surface area contributed by atoms with E-state index in [0.717, 1.165) is 17.0 Å². The van der Waals surface area contributed by atoms with Gasteiger partial charge in [-0.2, -0.15) is 0 Å². The van der Waals surface area contributed by atoms with Crippen molar-refractivity contribution in [1.82, 2.24) is 10.2 Å². The Morgan fingerprint density at radius 3 is 2.75 bits per heavy atom. The number of rotatable bonds is 5. The van der Waals surface area contributed by atoms with E-state index < -0.39 is 0 Å². The van der Waals surface area contributed by atoms with Crippen molar-refractivity contribution in [3.05, 3.63) is 40.9 Å². The minimum Gasteiger partial charge on any atom is -0.300 e. The molecule has 104 valence electrons. The summed E-state index contributed by atoms with van der Waals surface area (Å²) in [7, 11) is 0. The summed E-state index contributed by atoms with van der Waals surface area (Å²) in [6.07, 6.45) is 3.17. The lowest BCUT2D eigenvalue weighted by Gasteiger charge is -2.13. The summed E-state index contributed by atoms with van der Waals surface area (Å²) in [6.45, 7) is 2.02. The minimum absolute atomic E-state index is 0.00260. The van der Waals surface area contributed by atoms with E-state index in [4.69, 9.17) is 0 Å². The number of aromatic nitrogens is 2. The van der Waals surface area contributed by atoms with Gasteiger partial charge < -0.3 is 0 Å². The number of amides is 1. The Bertz CT molecular complexity index is 592. The molecule has 1 aromatic carbocycles. The van der Waals surface area contributed by atoms with Crippen molar-refractivity contribution in [2.75, 3.05) is 5.32 Å². The summed E-state index contributed by atoms with van der Waals surface area (Å²) < 4.78 is 0. The van der Waals surface area contributed by atoms with Crippen LogP contribution in [0.1, 0.15) is 48.6 Å². The van der Waals surface area contributed by atoms with Gasteiger partial charge in [-0.05, 0) is 24.8 Å². The van der Waals surface area contributed by atoms with Crippen LogP contribution in [0.2, 0.25) is 0 Å². The summed E-state index contributed by atoms with van der Waals surface area (Å²) in [5.41, 5.74) is 1.04. The van der Waals surface area contributed by atoms with Crippen molar-refractivity contribution in [2.45, 2.75) is 38.0 Å². The summed E-state index contributed by atoms with van der Waals surface area (Å²) in [4.78, 5) is 12.4. The number of hydrogen-bond donors (Lipinski definition) is 1. The zero-order chi connectivity index (χ0) is 13.9. The van der Waals surface area contributed by atoms with E-state index in [0.29, 0.717) is 11.0 Å². The molecule has 1 fully saturated rings. The predicted molar refractivity (Wildman–Crippen MR) is 80.0 cm³/mol. The average Bonchev–Trinajstić information content (AvgIpc) is 3.22. The van der Waals surface area contributed by atoms with Crippen molar-refractivity contribution in [3.63, 3.8) is 0 Å². The van der Waals surface area contributed by atoms with Gasteiger partial charge >= 0.3 is 0 Å². The van der Waals surface area contributed by atoms with Crippen molar-refractivity contribution >= 4 is 22.4 Å². The molecule has 1 aliphatic rings. The van der Waals surface area contributed by atoms with Crippen molar-refractivity contribution in [3.8, 4) is 0 Å². The highest BCUT2D eigenvalue weighted by Gasteiger charge is 2.28. The van der Waals surface area contributed by atoms with Crippen molar-refractivity contribution < 1.29 is 4.79 Å². The molecular formula is C15H17N3OS. The molecule has 20 heavy (non-hydrogen) atoms. The zero-order valence-corrected chi connectivity index (χ0v) is 12.2. The number of carbonyl (C=O) groups is 1. The Balaban J connectivity index is 1.70. The van der Waals surface area contributed by atoms with Crippen LogP contribution in [-0.4, -0.2) is 16.1 Å². The summed E-state index contributed by atoms with van der Waals surface area (Å²) in [5.74, 6) is 0.441. The second-order valence-electron chi connectivity index (χ2n) is 5.08. The fraction of sp³-hybridized carbons (Fsp3) is 0.400. The molecule has 4 nitrogen and oxygen atoms in total. The van der Waals surface area contributed by atoms with Gasteiger partial charge in [0.25, 0.3) is 0 Å². The van der Waals surface area contributed by atoms with Crippen LogP contribution in [0.5, 0.6) is 0 Å². The SMILES string of the molecule is CCC(C(=O)Nc1nnc(C2CC2)s1)c1ccccc1. The first-order valence-corrected chi connectivity index (χ1v) is 7.78. The normalized spacial score (nSPS) is 15.8. The second kappa shape index (κ2) is 5.71. The van der Waals surface area contributed by atoms with Gasteiger partial charge in [-0.15, -0.1) is 10.2 Å². The Kier molecular flexibility index (Phi) is 3.78. The van der Waals surface area contributed by atoms with E-state index in [1.807, 2.05) is 37.3 Å². The molecule has 0 bridgehead atoms. The maximum atomic E-state index is 12.4. The molecule has 2 aromatic rings. The molecule has 0 radical (unpaired) electrons. The van der Waals surface area contributed by atoms with Gasteiger partial charge in [0.05, 0.1) is 5.92 Å². The molecule has 0 spiro atoms. The molecule has 1 aliphatic carbocycles. The highest BCUT2D eigenvalue weighted by Crippen LogP contribution is 2.42. The van der Waals surface area contributed by atoms with Crippen molar-refractivity contribution in [1.29, 1.82) is 0 Å². The molecule has 5 heteroatoms. The van der Waals surface area contributed by atoms with E-state index in [1.54, 1.807) is 0 Å². The molecule has 1 saturated carbocycles. The first-order valence-electron chi connectivity index (χ1n) is 6.97. The van der Waals surface area contributed by atoms with Crippen molar-refractivity contribution in [2.24, 2.45) is 0 Å². The number of anilines is 1. The quantitative estimate of drug-likeness (QED) is 0.915. The smallest absolute Gasteiger partial charge is 0.233 e. The number of nitrogens with one attached hydrogen (secondary N) is 1. The van der Waals surface area contributed by atoms with Gasteiger partial charge in [-0.25, -0.2) is 0 Å². The van der Waals surface area contributed by atoms with E-state index in [1.165, 1.54) is 24.2 Å². The Hall–Kier alpha value is -1.75. The van der Waals surface area contributed by atoms with Gasteiger partial charge in [0, 0.05) is 5.92 Å². The van der Waals surface area contributed by atoms with E-state index >= 15 is 0 Å². The van der Waals surface area contributed by atoms with Crippen LogP contribution in [-0.2, 0) is 4.79 Å². The third-order valence-electron chi connectivity index (χ3n) is 3.52. The highest BCUT2D eigenvalue weighted by atomic mass is 32.1. The fourth-order valence-corrected chi connectivity index (χ4v) is 3.15. The average molecular weight is 287 g/mol. The van der Waals surface area contributed by atoms with Crippen LogP contribution in [0.25, 0.3) is 0 Å². The number of benzene rings is 1. The maximum absolute atomic E-state index is 12.4. The van der Waals surface area contributed by atoms with Gasteiger partial charge in [0.2, 0.25) is 11.0 Å². The topological polar surface area (TPSA) is 54.9 Å². The van der Waals surface area contributed by atoms with Gasteiger partial charge in [-0.1, -0.05) is 48.6 Å². The van der Waals surface area contributed by atoms with E-state index in [9.17, 15) is 4.79 Å².